The first-order valence-corrected chi connectivity index (χ1v) is 10.7. The van der Waals surface area contributed by atoms with Crippen molar-refractivity contribution in [3.63, 3.8) is 0 Å². The number of methoxy groups -OCH3 is 1. The van der Waals surface area contributed by atoms with Gasteiger partial charge >= 0.3 is 0 Å². The molecule has 24 heavy (non-hydrogen) atoms. The highest BCUT2D eigenvalue weighted by molar-refractivity contribution is 7.91. The van der Waals surface area contributed by atoms with E-state index in [1.807, 2.05) is 0 Å². The van der Waals surface area contributed by atoms with Gasteiger partial charge in [0.15, 0.2) is 9.84 Å². The molecule has 1 fully saturated rings. The van der Waals surface area contributed by atoms with Gasteiger partial charge in [0.25, 0.3) is 5.91 Å². The Labute approximate surface area is 141 Å². The lowest BCUT2D eigenvalue weighted by atomic mass is 10.1. The van der Waals surface area contributed by atoms with Crippen LogP contribution < -0.4 is 9.88 Å². The number of rotatable bonds is 5. The van der Waals surface area contributed by atoms with Gasteiger partial charge in [-0.15, -0.1) is 0 Å². The molecule has 1 aromatic rings. The van der Waals surface area contributed by atoms with E-state index in [9.17, 15) is 21.6 Å². The molecule has 2 rings (SSSR count). The number of hydrogen-bond acceptors (Lipinski definition) is 6. The number of nitrogens with two attached hydrogens (primary N) is 1. The second-order valence-corrected chi connectivity index (χ2v) is 9.35. The van der Waals surface area contributed by atoms with E-state index in [1.165, 1.54) is 24.1 Å². The molecule has 1 aromatic carbocycles. The molecule has 8 nitrogen and oxygen atoms in total. The minimum atomic E-state index is -3.98. The van der Waals surface area contributed by atoms with E-state index in [4.69, 9.17) is 9.88 Å². The number of nitrogens with zero attached hydrogens (tertiary/aromatic N) is 1. The van der Waals surface area contributed by atoms with Crippen LogP contribution in [0.2, 0.25) is 0 Å². The Morgan fingerprint density at radius 2 is 2.08 bits per heavy atom. The van der Waals surface area contributed by atoms with Gasteiger partial charge in [-0.2, -0.15) is 0 Å². The van der Waals surface area contributed by atoms with Crippen molar-refractivity contribution in [2.24, 2.45) is 5.14 Å². The molecule has 0 radical (unpaired) electrons. The quantitative estimate of drug-likeness (QED) is 0.771. The fraction of sp³-hybridized carbons (Fsp3) is 0.500. The molecule has 0 bridgehead atoms. The Bertz CT molecular complexity index is 848. The van der Waals surface area contributed by atoms with Crippen LogP contribution in [-0.2, 0) is 19.9 Å². The van der Waals surface area contributed by atoms with E-state index >= 15 is 0 Å². The van der Waals surface area contributed by atoms with Crippen molar-refractivity contribution in [3.05, 3.63) is 23.8 Å². The number of ether oxygens (including phenoxy) is 1. The molecule has 10 heteroatoms. The summed E-state index contributed by atoms with van der Waals surface area (Å²) in [5.74, 6) is -0.340. The Balaban J connectivity index is 2.43. The summed E-state index contributed by atoms with van der Waals surface area (Å²) in [4.78, 5) is 14.1. The Kier molecular flexibility index (Phi) is 5.21. The first-order valence-electron chi connectivity index (χ1n) is 7.31. The molecule has 0 saturated carbocycles. The third kappa shape index (κ3) is 3.87. The summed E-state index contributed by atoms with van der Waals surface area (Å²) in [6, 6.07) is 3.33. The minimum absolute atomic E-state index is 0.0372. The zero-order chi connectivity index (χ0) is 18.1. The van der Waals surface area contributed by atoms with Crippen LogP contribution in [0.15, 0.2) is 23.1 Å². The standard InChI is InChI=1S/C14H20N2O6S2/c1-3-16(10-6-7-23(18,19)9-10)14(17)12-8-11(24(15,20)21)4-5-13(12)22-2/h4-5,8,10H,3,6-7,9H2,1-2H3,(H2,15,20,21)/t10-/m0/s1. The highest BCUT2D eigenvalue weighted by Gasteiger charge is 2.35. The highest BCUT2D eigenvalue weighted by atomic mass is 32.2. The maximum Gasteiger partial charge on any atom is 0.257 e. The summed E-state index contributed by atoms with van der Waals surface area (Å²) in [5, 5.41) is 5.11. The van der Waals surface area contributed by atoms with Gasteiger partial charge in [-0.1, -0.05) is 0 Å². The summed E-state index contributed by atoms with van der Waals surface area (Å²) in [6.07, 6.45) is 0.360. The molecular weight excluding hydrogens is 356 g/mol. The van der Waals surface area contributed by atoms with Gasteiger partial charge in [0, 0.05) is 12.6 Å². The molecule has 1 aliphatic rings. The molecular formula is C14H20N2O6S2. The van der Waals surface area contributed by atoms with Crippen LogP contribution >= 0.6 is 0 Å². The lowest BCUT2D eigenvalue weighted by Crippen LogP contribution is -2.41. The van der Waals surface area contributed by atoms with Gasteiger partial charge in [-0.05, 0) is 31.5 Å². The van der Waals surface area contributed by atoms with Crippen LogP contribution in [-0.4, -0.2) is 58.8 Å². The minimum Gasteiger partial charge on any atom is -0.496 e. The monoisotopic (exact) mass is 376 g/mol. The number of amides is 1. The second-order valence-electron chi connectivity index (χ2n) is 5.56. The van der Waals surface area contributed by atoms with Gasteiger partial charge in [0.1, 0.15) is 5.75 Å². The third-order valence-electron chi connectivity index (χ3n) is 3.98. The van der Waals surface area contributed by atoms with E-state index in [0.717, 1.165) is 6.07 Å². The molecule has 0 aliphatic carbocycles. The van der Waals surface area contributed by atoms with E-state index in [2.05, 4.69) is 0 Å². The van der Waals surface area contributed by atoms with Crippen molar-refractivity contribution < 1.29 is 26.4 Å². The van der Waals surface area contributed by atoms with Gasteiger partial charge in [0.05, 0.1) is 29.1 Å². The lowest BCUT2D eigenvalue weighted by molar-refractivity contribution is 0.0704. The van der Waals surface area contributed by atoms with Crippen LogP contribution in [0.1, 0.15) is 23.7 Å². The fourth-order valence-electron chi connectivity index (χ4n) is 2.77. The molecule has 2 N–H and O–H groups in total. The SMILES string of the molecule is CCN(C(=O)c1cc(S(N)(=O)=O)ccc1OC)[C@H]1CCS(=O)(=O)C1. The molecule has 1 atom stereocenters. The number of sulfonamides is 1. The predicted octanol–water partition coefficient (Wildman–Crippen LogP) is -0.00820. The molecule has 134 valence electrons. The summed E-state index contributed by atoms with van der Waals surface area (Å²) in [5.41, 5.74) is 0.0372. The van der Waals surface area contributed by atoms with E-state index in [-0.39, 0.29) is 27.7 Å². The molecule has 1 aliphatic heterocycles. The predicted molar refractivity (Wildman–Crippen MR) is 88.1 cm³/mol. The largest absolute Gasteiger partial charge is 0.496 e. The molecule has 0 spiro atoms. The summed E-state index contributed by atoms with van der Waals surface area (Å²) in [6.45, 7) is 2.03. The summed E-state index contributed by atoms with van der Waals surface area (Å²) >= 11 is 0. The normalized spacial score (nSPS) is 19.9. The topological polar surface area (TPSA) is 124 Å². The molecule has 1 saturated heterocycles. The first-order chi connectivity index (χ1) is 11.1. The number of carbonyl (C=O) groups excluding carboxylic acids is 1. The van der Waals surface area contributed by atoms with Gasteiger partial charge in [-0.3, -0.25) is 4.79 Å². The van der Waals surface area contributed by atoms with Crippen LogP contribution in [0.3, 0.4) is 0 Å². The van der Waals surface area contributed by atoms with Crippen molar-refractivity contribution in [2.75, 3.05) is 25.2 Å². The zero-order valence-corrected chi connectivity index (χ0v) is 15.1. The Hall–Kier alpha value is -1.65. The van der Waals surface area contributed by atoms with Crippen molar-refractivity contribution in [3.8, 4) is 5.75 Å². The Morgan fingerprint density at radius 3 is 2.54 bits per heavy atom. The summed E-state index contributed by atoms with van der Waals surface area (Å²) < 4.78 is 51.5. The molecule has 1 amide bonds. The number of benzene rings is 1. The van der Waals surface area contributed by atoms with E-state index in [0.29, 0.717) is 13.0 Å². The number of carbonyl (C=O) groups is 1. The van der Waals surface area contributed by atoms with Gasteiger partial charge < -0.3 is 9.64 Å². The number of sulfone groups is 1. The smallest absolute Gasteiger partial charge is 0.257 e. The lowest BCUT2D eigenvalue weighted by Gasteiger charge is -2.27. The summed E-state index contributed by atoms with van der Waals surface area (Å²) in [7, 11) is -5.77. The average Bonchev–Trinajstić information content (AvgIpc) is 2.86. The maximum atomic E-state index is 12.8. The maximum absolute atomic E-state index is 12.8. The van der Waals surface area contributed by atoms with Gasteiger partial charge in [0.2, 0.25) is 10.0 Å². The number of primary sulfonamides is 1. The van der Waals surface area contributed by atoms with Crippen LogP contribution in [0.25, 0.3) is 0 Å². The average molecular weight is 376 g/mol. The molecule has 0 aromatic heterocycles. The first kappa shape index (κ1) is 18.7. The van der Waals surface area contributed by atoms with Crippen LogP contribution in [0.4, 0.5) is 0 Å². The fourth-order valence-corrected chi connectivity index (χ4v) is 5.05. The highest BCUT2D eigenvalue weighted by Crippen LogP contribution is 2.26. The van der Waals surface area contributed by atoms with Gasteiger partial charge in [-0.25, -0.2) is 22.0 Å². The van der Waals surface area contributed by atoms with Crippen molar-refractivity contribution in [2.45, 2.75) is 24.3 Å². The van der Waals surface area contributed by atoms with E-state index in [1.54, 1.807) is 6.92 Å². The van der Waals surface area contributed by atoms with Crippen molar-refractivity contribution in [1.82, 2.24) is 4.90 Å². The second kappa shape index (κ2) is 6.69. The van der Waals surface area contributed by atoms with Crippen LogP contribution in [0, 0.1) is 0 Å². The van der Waals surface area contributed by atoms with E-state index < -0.39 is 31.8 Å². The van der Waals surface area contributed by atoms with Crippen LogP contribution in [0.5, 0.6) is 5.75 Å². The third-order valence-corrected chi connectivity index (χ3v) is 6.64. The molecule has 0 unspecified atom stereocenters. The Morgan fingerprint density at radius 1 is 1.42 bits per heavy atom. The molecule has 1 heterocycles. The zero-order valence-electron chi connectivity index (χ0n) is 13.4. The van der Waals surface area contributed by atoms with Crippen molar-refractivity contribution in [1.29, 1.82) is 0 Å². The number of hydrogen-bond donors (Lipinski definition) is 1. The van der Waals surface area contributed by atoms with Crippen molar-refractivity contribution >= 4 is 25.8 Å².